The summed E-state index contributed by atoms with van der Waals surface area (Å²) in [7, 11) is 1.74. The number of aryl methyl sites for hydroxylation is 1. The van der Waals surface area contributed by atoms with E-state index in [1.165, 1.54) is 0 Å². The van der Waals surface area contributed by atoms with Crippen molar-refractivity contribution in [2.75, 3.05) is 11.9 Å². The number of aromatic hydroxyl groups is 1. The number of amides is 1. The Kier molecular flexibility index (Phi) is 3.39. The zero-order valence-electron chi connectivity index (χ0n) is 10.6. The van der Waals surface area contributed by atoms with E-state index in [4.69, 9.17) is 0 Å². The Labute approximate surface area is 110 Å². The van der Waals surface area contributed by atoms with Crippen molar-refractivity contribution in [3.8, 4) is 5.75 Å². The molecule has 0 unspecified atom stereocenters. The van der Waals surface area contributed by atoms with Crippen LogP contribution in [0.15, 0.2) is 29.6 Å². The number of hydrogen-bond donors (Lipinski definition) is 1. The molecule has 1 heterocycles. The summed E-state index contributed by atoms with van der Waals surface area (Å²) >= 11 is 1.59. The number of nitrogens with zero attached hydrogens (tertiary/aromatic N) is 1. The number of rotatable bonds is 2. The van der Waals surface area contributed by atoms with Gasteiger partial charge in [0.05, 0.1) is 5.56 Å². The molecule has 0 aliphatic carbocycles. The highest BCUT2D eigenvalue weighted by Crippen LogP contribution is 2.24. The van der Waals surface area contributed by atoms with Gasteiger partial charge in [-0.3, -0.25) is 4.79 Å². The lowest BCUT2D eigenvalue weighted by molar-refractivity contribution is 0.0993. The van der Waals surface area contributed by atoms with Gasteiger partial charge in [0, 0.05) is 23.0 Å². The molecule has 1 N–H and O–H groups in total. The Balaban J connectivity index is 2.29. The van der Waals surface area contributed by atoms with Crippen molar-refractivity contribution in [1.82, 2.24) is 0 Å². The Hall–Kier alpha value is -1.81. The van der Waals surface area contributed by atoms with Crippen molar-refractivity contribution < 1.29 is 9.90 Å². The number of carbonyl (C=O) groups excluding carboxylic acids is 1. The van der Waals surface area contributed by atoms with Gasteiger partial charge < -0.3 is 10.0 Å². The van der Waals surface area contributed by atoms with Crippen molar-refractivity contribution in [3.63, 3.8) is 0 Å². The van der Waals surface area contributed by atoms with E-state index in [9.17, 15) is 9.90 Å². The lowest BCUT2D eigenvalue weighted by Crippen LogP contribution is -2.26. The number of thiophene rings is 1. The molecule has 0 saturated carbocycles. The molecular weight excluding hydrogens is 246 g/mol. The van der Waals surface area contributed by atoms with Crippen molar-refractivity contribution in [2.45, 2.75) is 13.8 Å². The molecule has 0 aliphatic heterocycles. The maximum absolute atomic E-state index is 12.3. The first-order valence-electron chi connectivity index (χ1n) is 5.62. The van der Waals surface area contributed by atoms with E-state index in [2.05, 4.69) is 0 Å². The van der Waals surface area contributed by atoms with Gasteiger partial charge >= 0.3 is 0 Å². The van der Waals surface area contributed by atoms with E-state index < -0.39 is 0 Å². The molecule has 0 aliphatic rings. The molecule has 2 aromatic rings. The smallest absolute Gasteiger partial charge is 0.259 e. The number of benzene rings is 1. The third-order valence-electron chi connectivity index (χ3n) is 3.06. The molecule has 1 aromatic heterocycles. The molecule has 0 saturated heterocycles. The predicted octanol–water partition coefficient (Wildman–Crippen LogP) is 3.35. The van der Waals surface area contributed by atoms with Crippen LogP contribution in [0.4, 0.5) is 5.69 Å². The number of hydrogen-bond acceptors (Lipinski definition) is 3. The normalized spacial score (nSPS) is 10.4. The minimum atomic E-state index is -0.0254. The van der Waals surface area contributed by atoms with Crippen molar-refractivity contribution in [3.05, 3.63) is 45.6 Å². The van der Waals surface area contributed by atoms with Crippen molar-refractivity contribution in [2.24, 2.45) is 0 Å². The molecule has 1 amide bonds. The largest absolute Gasteiger partial charge is 0.508 e. The monoisotopic (exact) mass is 261 g/mol. The van der Waals surface area contributed by atoms with Gasteiger partial charge in [-0.05, 0) is 43.7 Å². The summed E-state index contributed by atoms with van der Waals surface area (Å²) in [5.41, 5.74) is 2.55. The van der Waals surface area contributed by atoms with E-state index in [1.807, 2.05) is 19.2 Å². The van der Waals surface area contributed by atoms with E-state index in [0.29, 0.717) is 0 Å². The minimum absolute atomic E-state index is 0.0254. The van der Waals surface area contributed by atoms with E-state index in [1.54, 1.807) is 47.5 Å². The van der Waals surface area contributed by atoms with Crippen LogP contribution in [-0.2, 0) is 0 Å². The summed E-state index contributed by atoms with van der Waals surface area (Å²) in [5, 5.41) is 11.1. The van der Waals surface area contributed by atoms with Gasteiger partial charge in [-0.15, -0.1) is 11.3 Å². The van der Waals surface area contributed by atoms with Crippen LogP contribution in [0, 0.1) is 13.8 Å². The topological polar surface area (TPSA) is 40.5 Å². The lowest BCUT2D eigenvalue weighted by Gasteiger charge is -2.17. The fourth-order valence-corrected chi connectivity index (χ4v) is 2.56. The fraction of sp³-hybridized carbons (Fsp3) is 0.214. The summed E-state index contributed by atoms with van der Waals surface area (Å²) in [4.78, 5) is 15.1. The van der Waals surface area contributed by atoms with Gasteiger partial charge in [-0.25, -0.2) is 0 Å². The number of carbonyl (C=O) groups is 1. The van der Waals surface area contributed by atoms with Gasteiger partial charge in [0.2, 0.25) is 0 Å². The van der Waals surface area contributed by atoms with Crippen LogP contribution < -0.4 is 4.90 Å². The van der Waals surface area contributed by atoms with Gasteiger partial charge in [-0.2, -0.15) is 0 Å². The van der Waals surface area contributed by atoms with Crippen LogP contribution in [0.25, 0.3) is 0 Å². The zero-order chi connectivity index (χ0) is 13.3. The summed E-state index contributed by atoms with van der Waals surface area (Å²) in [6.45, 7) is 3.97. The highest BCUT2D eigenvalue weighted by atomic mass is 32.1. The quantitative estimate of drug-likeness (QED) is 0.900. The minimum Gasteiger partial charge on any atom is -0.508 e. The Morgan fingerprint density at radius 1 is 1.22 bits per heavy atom. The molecule has 0 fully saturated rings. The molecule has 3 nitrogen and oxygen atoms in total. The zero-order valence-corrected chi connectivity index (χ0v) is 11.4. The Morgan fingerprint density at radius 2 is 1.83 bits per heavy atom. The van der Waals surface area contributed by atoms with Crippen LogP contribution in [0.5, 0.6) is 5.75 Å². The third kappa shape index (κ3) is 2.24. The number of anilines is 1. The van der Waals surface area contributed by atoms with Crippen LogP contribution in [0.3, 0.4) is 0 Å². The van der Waals surface area contributed by atoms with Gasteiger partial charge in [0.1, 0.15) is 5.75 Å². The molecule has 0 bridgehead atoms. The number of phenolic OH excluding ortho intramolecular Hbond substituents is 1. The molecule has 2 rings (SSSR count). The van der Waals surface area contributed by atoms with Crippen LogP contribution in [0.2, 0.25) is 0 Å². The second-order valence-electron chi connectivity index (χ2n) is 4.21. The van der Waals surface area contributed by atoms with Gasteiger partial charge in [0.15, 0.2) is 0 Å². The highest BCUT2D eigenvalue weighted by molar-refractivity contribution is 7.10. The summed E-state index contributed by atoms with van der Waals surface area (Å²) < 4.78 is 0. The fourth-order valence-electron chi connectivity index (χ4n) is 1.70. The molecule has 0 spiro atoms. The first-order chi connectivity index (χ1) is 8.50. The van der Waals surface area contributed by atoms with Gasteiger partial charge in [-0.1, -0.05) is 0 Å². The van der Waals surface area contributed by atoms with Crippen LogP contribution in [0.1, 0.15) is 20.8 Å². The Morgan fingerprint density at radius 3 is 2.33 bits per heavy atom. The predicted molar refractivity (Wildman–Crippen MR) is 74.6 cm³/mol. The van der Waals surface area contributed by atoms with E-state index >= 15 is 0 Å². The Bertz CT molecular complexity index is 572. The highest BCUT2D eigenvalue weighted by Gasteiger charge is 2.17. The van der Waals surface area contributed by atoms with E-state index in [-0.39, 0.29) is 11.7 Å². The summed E-state index contributed by atoms with van der Waals surface area (Å²) in [5.74, 6) is 0.171. The summed E-state index contributed by atoms with van der Waals surface area (Å²) in [6, 6.07) is 6.60. The van der Waals surface area contributed by atoms with Crippen LogP contribution >= 0.6 is 11.3 Å². The molecule has 4 heteroatoms. The van der Waals surface area contributed by atoms with Crippen molar-refractivity contribution in [1.29, 1.82) is 0 Å². The van der Waals surface area contributed by atoms with Crippen molar-refractivity contribution >= 4 is 22.9 Å². The molecule has 0 atom stereocenters. The molecule has 18 heavy (non-hydrogen) atoms. The maximum atomic E-state index is 12.3. The summed E-state index contributed by atoms with van der Waals surface area (Å²) in [6.07, 6.45) is 0. The molecule has 0 radical (unpaired) electrons. The number of phenols is 1. The maximum Gasteiger partial charge on any atom is 0.259 e. The first-order valence-corrected chi connectivity index (χ1v) is 6.50. The SMILES string of the molecule is Cc1scc(C(=O)N(C)c2ccc(O)cc2)c1C. The van der Waals surface area contributed by atoms with Crippen LogP contribution in [-0.4, -0.2) is 18.1 Å². The third-order valence-corrected chi connectivity index (χ3v) is 4.07. The standard InChI is InChI=1S/C14H15NO2S/c1-9-10(2)18-8-13(9)14(17)15(3)11-4-6-12(16)7-5-11/h4-8,16H,1-3H3. The average Bonchev–Trinajstić information content (AvgIpc) is 2.69. The second-order valence-corrected chi connectivity index (χ2v) is 5.29. The van der Waals surface area contributed by atoms with Gasteiger partial charge in [0.25, 0.3) is 5.91 Å². The molecule has 94 valence electrons. The van der Waals surface area contributed by atoms with E-state index in [0.717, 1.165) is 21.7 Å². The average molecular weight is 261 g/mol. The molecular formula is C14H15NO2S. The first kappa shape index (κ1) is 12.6. The second kappa shape index (κ2) is 4.82. The molecule has 1 aromatic carbocycles. The lowest BCUT2D eigenvalue weighted by atomic mass is 10.1.